The Morgan fingerprint density at radius 1 is 1.33 bits per heavy atom. The van der Waals surface area contributed by atoms with Crippen LogP contribution in [0.4, 0.5) is 4.39 Å². The van der Waals surface area contributed by atoms with Crippen molar-refractivity contribution in [2.45, 2.75) is 33.4 Å². The maximum absolute atomic E-state index is 13.6. The molecule has 0 saturated carbocycles. The zero-order valence-corrected chi connectivity index (χ0v) is 8.60. The van der Waals surface area contributed by atoms with Crippen molar-refractivity contribution in [3.8, 4) is 0 Å². The van der Waals surface area contributed by atoms with E-state index in [4.69, 9.17) is 0 Å². The molecule has 0 aromatic rings. The first-order valence-corrected chi connectivity index (χ1v) is 4.74. The normalized spacial score (nSPS) is 33.8. The fourth-order valence-corrected chi connectivity index (χ4v) is 2.03. The van der Waals surface area contributed by atoms with E-state index in [0.29, 0.717) is 6.54 Å². The van der Waals surface area contributed by atoms with Crippen LogP contribution in [0.25, 0.3) is 0 Å². The second-order valence-electron chi connectivity index (χ2n) is 5.04. The molecular formula is C10H20FN. The highest BCUT2D eigenvalue weighted by atomic mass is 19.1. The Bertz CT molecular complexity index is 150. The molecule has 12 heavy (non-hydrogen) atoms. The van der Waals surface area contributed by atoms with Crippen LogP contribution in [-0.4, -0.2) is 31.2 Å². The van der Waals surface area contributed by atoms with Crippen LogP contribution in [0, 0.1) is 11.3 Å². The minimum absolute atomic E-state index is 0.126. The van der Waals surface area contributed by atoms with Crippen molar-refractivity contribution in [3.63, 3.8) is 0 Å². The second-order valence-corrected chi connectivity index (χ2v) is 5.04. The van der Waals surface area contributed by atoms with Crippen molar-refractivity contribution in [3.05, 3.63) is 0 Å². The number of hydrogen-bond acceptors (Lipinski definition) is 1. The molecule has 72 valence electrons. The Labute approximate surface area is 74.9 Å². The summed E-state index contributed by atoms with van der Waals surface area (Å²) >= 11 is 0. The van der Waals surface area contributed by atoms with Crippen molar-refractivity contribution < 1.29 is 4.39 Å². The van der Waals surface area contributed by atoms with Gasteiger partial charge in [-0.15, -0.1) is 0 Å². The van der Waals surface area contributed by atoms with Gasteiger partial charge in [0, 0.05) is 6.54 Å². The molecule has 2 atom stereocenters. The summed E-state index contributed by atoms with van der Waals surface area (Å²) in [7, 11) is 1.99. The predicted molar refractivity (Wildman–Crippen MR) is 50.0 cm³/mol. The zero-order chi connectivity index (χ0) is 9.35. The van der Waals surface area contributed by atoms with E-state index in [1.807, 2.05) is 7.05 Å². The fraction of sp³-hybridized carbons (Fsp3) is 1.00. The molecule has 1 aliphatic heterocycles. The van der Waals surface area contributed by atoms with Gasteiger partial charge in [0.15, 0.2) is 0 Å². The monoisotopic (exact) mass is 173 g/mol. The van der Waals surface area contributed by atoms with Crippen LogP contribution >= 0.6 is 0 Å². The minimum atomic E-state index is -0.635. The summed E-state index contributed by atoms with van der Waals surface area (Å²) in [6.45, 7) is 8.06. The average Bonchev–Trinajstić information content (AvgIpc) is 1.83. The summed E-state index contributed by atoms with van der Waals surface area (Å²) in [5.74, 6) is 0.244. The SMILES string of the molecule is CN1CCC(C(C)(C)C)[C@H](F)C1. The van der Waals surface area contributed by atoms with Crippen LogP contribution in [0.5, 0.6) is 0 Å². The quantitative estimate of drug-likeness (QED) is 0.543. The average molecular weight is 173 g/mol. The Balaban J connectivity index is 2.57. The molecule has 0 aliphatic carbocycles. The molecule has 1 heterocycles. The van der Waals surface area contributed by atoms with Gasteiger partial charge in [-0.1, -0.05) is 20.8 Å². The largest absolute Gasteiger partial charge is 0.303 e. The highest BCUT2D eigenvalue weighted by Crippen LogP contribution is 2.35. The lowest BCUT2D eigenvalue weighted by molar-refractivity contribution is 0.0370. The third kappa shape index (κ3) is 2.19. The van der Waals surface area contributed by atoms with Crippen molar-refractivity contribution in [1.29, 1.82) is 0 Å². The van der Waals surface area contributed by atoms with Crippen molar-refractivity contribution in [2.75, 3.05) is 20.1 Å². The maximum atomic E-state index is 13.6. The van der Waals surface area contributed by atoms with Gasteiger partial charge in [-0.25, -0.2) is 4.39 Å². The minimum Gasteiger partial charge on any atom is -0.303 e. The standard InChI is InChI=1S/C10H20FN/c1-10(2,3)8-5-6-12(4)7-9(8)11/h8-9H,5-7H2,1-4H3/t8?,9-/m1/s1. The zero-order valence-electron chi connectivity index (χ0n) is 8.60. The molecule has 0 radical (unpaired) electrons. The van der Waals surface area contributed by atoms with Crippen molar-refractivity contribution >= 4 is 0 Å². The Hall–Kier alpha value is -0.110. The molecule has 1 nitrogen and oxygen atoms in total. The van der Waals surface area contributed by atoms with E-state index in [9.17, 15) is 4.39 Å². The van der Waals surface area contributed by atoms with E-state index in [2.05, 4.69) is 25.7 Å². The lowest BCUT2D eigenvalue weighted by Crippen LogP contribution is -2.44. The van der Waals surface area contributed by atoms with Crippen molar-refractivity contribution in [2.24, 2.45) is 11.3 Å². The van der Waals surface area contributed by atoms with Gasteiger partial charge in [-0.05, 0) is 31.3 Å². The topological polar surface area (TPSA) is 3.24 Å². The Morgan fingerprint density at radius 2 is 1.92 bits per heavy atom. The van der Waals surface area contributed by atoms with E-state index in [1.165, 1.54) is 0 Å². The third-order valence-electron chi connectivity index (χ3n) is 2.86. The second kappa shape index (κ2) is 3.33. The lowest BCUT2D eigenvalue weighted by Gasteiger charge is -2.39. The van der Waals surface area contributed by atoms with E-state index in [0.717, 1.165) is 13.0 Å². The molecule has 0 aromatic heterocycles. The van der Waals surface area contributed by atoms with Gasteiger partial charge in [-0.3, -0.25) is 0 Å². The molecule has 0 aromatic carbocycles. The number of alkyl halides is 1. The van der Waals surface area contributed by atoms with Crippen molar-refractivity contribution in [1.82, 2.24) is 4.90 Å². The Morgan fingerprint density at radius 3 is 2.33 bits per heavy atom. The van der Waals surface area contributed by atoms with E-state index in [1.54, 1.807) is 0 Å². The first-order valence-electron chi connectivity index (χ1n) is 4.74. The van der Waals surface area contributed by atoms with Crippen LogP contribution in [-0.2, 0) is 0 Å². The number of piperidine rings is 1. The summed E-state index contributed by atoms with van der Waals surface area (Å²) in [5, 5.41) is 0. The van der Waals surface area contributed by atoms with Crippen LogP contribution in [0.2, 0.25) is 0 Å². The molecule has 1 rings (SSSR count). The van der Waals surface area contributed by atoms with Gasteiger partial charge in [0.05, 0.1) is 0 Å². The molecule has 1 saturated heterocycles. The van der Waals surface area contributed by atoms with Crippen LogP contribution < -0.4 is 0 Å². The van der Waals surface area contributed by atoms with Gasteiger partial charge < -0.3 is 4.90 Å². The van der Waals surface area contributed by atoms with Gasteiger partial charge >= 0.3 is 0 Å². The molecule has 1 fully saturated rings. The predicted octanol–water partition coefficient (Wildman–Crippen LogP) is 2.32. The summed E-state index contributed by atoms with van der Waals surface area (Å²) in [4.78, 5) is 2.08. The van der Waals surface area contributed by atoms with E-state index >= 15 is 0 Å². The van der Waals surface area contributed by atoms with E-state index < -0.39 is 6.17 Å². The van der Waals surface area contributed by atoms with Gasteiger partial charge in [0.1, 0.15) is 6.17 Å². The molecule has 0 amide bonds. The van der Waals surface area contributed by atoms with Crippen LogP contribution in [0.1, 0.15) is 27.2 Å². The summed E-state index contributed by atoms with van der Waals surface area (Å²) in [5.41, 5.74) is 0.126. The number of rotatable bonds is 0. The van der Waals surface area contributed by atoms with Gasteiger partial charge in [0.25, 0.3) is 0 Å². The summed E-state index contributed by atoms with van der Waals surface area (Å²) in [6.07, 6.45) is 0.366. The number of halogens is 1. The number of nitrogens with zero attached hydrogens (tertiary/aromatic N) is 1. The molecular weight excluding hydrogens is 153 g/mol. The molecule has 0 N–H and O–H groups in total. The van der Waals surface area contributed by atoms with Crippen LogP contribution in [0.3, 0.4) is 0 Å². The number of likely N-dealkylation sites (tertiary alicyclic amines) is 1. The van der Waals surface area contributed by atoms with Gasteiger partial charge in [-0.2, -0.15) is 0 Å². The van der Waals surface area contributed by atoms with Gasteiger partial charge in [0.2, 0.25) is 0 Å². The molecule has 2 heteroatoms. The Kier molecular flexibility index (Phi) is 2.77. The molecule has 1 unspecified atom stereocenters. The highest BCUT2D eigenvalue weighted by Gasteiger charge is 2.35. The molecule has 1 aliphatic rings. The van der Waals surface area contributed by atoms with Crippen LogP contribution in [0.15, 0.2) is 0 Å². The fourth-order valence-electron chi connectivity index (χ4n) is 2.03. The molecule has 0 spiro atoms. The van der Waals surface area contributed by atoms with E-state index in [-0.39, 0.29) is 11.3 Å². The summed E-state index contributed by atoms with van der Waals surface area (Å²) in [6, 6.07) is 0. The first-order chi connectivity index (χ1) is 5.41. The third-order valence-corrected chi connectivity index (χ3v) is 2.86. The number of hydrogen-bond donors (Lipinski definition) is 0. The first kappa shape index (κ1) is 9.97. The summed E-state index contributed by atoms with van der Waals surface area (Å²) < 4.78 is 13.6. The maximum Gasteiger partial charge on any atom is 0.116 e. The smallest absolute Gasteiger partial charge is 0.116 e. The highest BCUT2D eigenvalue weighted by molar-refractivity contribution is 4.86. The molecule has 0 bridgehead atoms. The lowest BCUT2D eigenvalue weighted by atomic mass is 9.74.